The Bertz CT molecular complexity index is 2040. The number of para-hydroxylation sites is 1. The van der Waals surface area contributed by atoms with Gasteiger partial charge in [-0.2, -0.15) is 4.99 Å². The van der Waals surface area contributed by atoms with Crippen LogP contribution in [-0.2, 0) is 9.47 Å². The molecule has 15 heteroatoms. The third-order valence-electron chi connectivity index (χ3n) is 9.48. The second kappa shape index (κ2) is 11.8. The summed E-state index contributed by atoms with van der Waals surface area (Å²) in [6, 6.07) is 14.9. The summed E-state index contributed by atoms with van der Waals surface area (Å²) in [5.74, 6) is -3.66. The summed E-state index contributed by atoms with van der Waals surface area (Å²) in [5, 5.41) is 64.6. The molecular weight excluding hydrogens is 638 g/mol. The SMILES string of the molecule is N=C1N=C([O-])C2=NC[NH+](c3ccccc3[C@H]3CCOC[C@H]4O[C@H](Oc5c3cc3c(c5O)C(=O)c5ccccc5C3=O)[C@@H](O)[C@H](O)[C@H]4O)C2=N1. The van der Waals surface area contributed by atoms with Gasteiger partial charge in [-0.25, -0.2) is 14.9 Å². The van der Waals surface area contributed by atoms with E-state index in [1.54, 1.807) is 30.3 Å². The van der Waals surface area contributed by atoms with Crippen LogP contribution in [0.3, 0.4) is 0 Å². The van der Waals surface area contributed by atoms with Crippen LogP contribution in [-0.4, -0.2) is 106 Å². The predicted octanol–water partition coefficient (Wildman–Crippen LogP) is -1.06. The monoisotopic (exact) mass is 667 g/mol. The highest BCUT2D eigenvalue weighted by atomic mass is 16.7. The Hall–Kier alpha value is -5.16. The first-order chi connectivity index (χ1) is 23.6. The first-order valence-corrected chi connectivity index (χ1v) is 15.6. The number of carbonyl (C=O) groups is 2. The van der Waals surface area contributed by atoms with E-state index in [9.17, 15) is 35.1 Å². The Morgan fingerprint density at radius 2 is 1.63 bits per heavy atom. The van der Waals surface area contributed by atoms with Gasteiger partial charge in [-0.05, 0) is 18.6 Å². The molecule has 7 atom stereocenters. The Balaban J connectivity index is 1.33. The second-order valence-corrected chi connectivity index (χ2v) is 12.3. The van der Waals surface area contributed by atoms with Gasteiger partial charge in [-0.3, -0.25) is 15.0 Å². The number of amidine groups is 1. The highest BCUT2D eigenvalue weighted by Gasteiger charge is 2.47. The van der Waals surface area contributed by atoms with Crippen LogP contribution in [0.1, 0.15) is 55.3 Å². The molecule has 250 valence electrons. The van der Waals surface area contributed by atoms with E-state index in [1.807, 2.05) is 6.07 Å². The standard InChI is InChI=1S/C34H29N5O10/c35-34-37-31-23(32(46)38-34)36-13-39(31)20-8-4-3-5-15(20)14-9-10-47-12-21-26(42)28(44)29(45)33(48-21)49-30-18(14)11-19-22(27(30)43)25(41)17-7-2-1-6-16(17)24(19)40/h1-8,11,14,21,26,28-29,33,42-45H,9-10,12-13H2,(H2,35,38,46)/t14-,21-,26+,28-,29+,33-/m1/s1. The van der Waals surface area contributed by atoms with Crippen molar-refractivity contribution in [2.24, 2.45) is 15.0 Å². The maximum absolute atomic E-state index is 13.9. The van der Waals surface area contributed by atoms with Gasteiger partial charge in [0, 0.05) is 46.2 Å². The summed E-state index contributed by atoms with van der Waals surface area (Å²) in [6.07, 6.45) is -7.51. The second-order valence-electron chi connectivity index (χ2n) is 12.3. The lowest BCUT2D eigenvalue weighted by atomic mass is 9.79. The number of ether oxygens (including phenoxy) is 3. The minimum absolute atomic E-state index is 0.0420. The van der Waals surface area contributed by atoms with Crippen molar-refractivity contribution in [3.8, 4) is 11.5 Å². The number of nitrogens with zero attached hydrogens (tertiary/aromatic N) is 3. The zero-order valence-electron chi connectivity index (χ0n) is 25.6. The van der Waals surface area contributed by atoms with E-state index < -0.39 is 65.8 Å². The van der Waals surface area contributed by atoms with Crippen LogP contribution in [0.4, 0.5) is 5.69 Å². The fourth-order valence-electron chi connectivity index (χ4n) is 7.08. The third-order valence-corrected chi connectivity index (χ3v) is 9.48. The topological polar surface area (TPSA) is 231 Å². The molecule has 6 N–H and O–H groups in total. The normalized spacial score (nSPS) is 29.2. The lowest BCUT2D eigenvalue weighted by Crippen LogP contribution is -3.09. The third kappa shape index (κ3) is 4.89. The summed E-state index contributed by atoms with van der Waals surface area (Å²) < 4.78 is 17.9. The quantitative estimate of drug-likeness (QED) is 0.152. The number of aliphatic hydroxyl groups is 3. The van der Waals surface area contributed by atoms with E-state index in [-0.39, 0.29) is 71.4 Å². The summed E-state index contributed by atoms with van der Waals surface area (Å²) in [6.45, 7) is -0.0452. The molecule has 1 aliphatic carbocycles. The number of nitrogens with one attached hydrogen (secondary N) is 2. The molecule has 0 radical (unpaired) electrons. The van der Waals surface area contributed by atoms with Gasteiger partial charge in [0.2, 0.25) is 12.2 Å². The average Bonchev–Trinajstić information content (AvgIpc) is 3.51. The lowest BCUT2D eigenvalue weighted by Gasteiger charge is -2.40. The van der Waals surface area contributed by atoms with Crippen LogP contribution >= 0.6 is 0 Å². The number of phenols is 1. The van der Waals surface area contributed by atoms with E-state index >= 15 is 0 Å². The number of guanidine groups is 1. The molecule has 3 aromatic carbocycles. The molecule has 4 heterocycles. The molecule has 2 bridgehead atoms. The summed E-state index contributed by atoms with van der Waals surface area (Å²) in [5.41, 5.74) is 1.45. The van der Waals surface area contributed by atoms with E-state index in [4.69, 9.17) is 19.6 Å². The van der Waals surface area contributed by atoms with E-state index in [0.29, 0.717) is 16.2 Å². The van der Waals surface area contributed by atoms with Crippen molar-refractivity contribution in [2.75, 3.05) is 19.9 Å². The lowest BCUT2D eigenvalue weighted by molar-refractivity contribution is -0.723. The molecule has 15 nitrogen and oxygen atoms in total. The Labute approximate surface area is 277 Å². The molecule has 1 unspecified atom stereocenters. The predicted molar refractivity (Wildman–Crippen MR) is 168 cm³/mol. The van der Waals surface area contributed by atoms with Gasteiger partial charge in [0.15, 0.2) is 35.4 Å². The van der Waals surface area contributed by atoms with Crippen molar-refractivity contribution in [2.45, 2.75) is 43.0 Å². The number of fused-ring (bicyclic) bond motifs is 6. The highest BCUT2D eigenvalue weighted by Crippen LogP contribution is 2.48. The molecule has 49 heavy (non-hydrogen) atoms. The van der Waals surface area contributed by atoms with E-state index in [2.05, 4.69) is 15.0 Å². The maximum Gasteiger partial charge on any atom is 0.262 e. The van der Waals surface area contributed by atoms with E-state index in [1.165, 1.54) is 18.2 Å². The number of phenolic OH excluding ortho intramolecular Hbond substituents is 1. The molecule has 0 amide bonds. The first kappa shape index (κ1) is 31.1. The molecule has 1 saturated heterocycles. The minimum Gasteiger partial charge on any atom is -0.857 e. The first-order valence-electron chi connectivity index (χ1n) is 15.6. The van der Waals surface area contributed by atoms with Gasteiger partial charge in [0.1, 0.15) is 30.1 Å². The molecule has 5 aliphatic rings. The number of benzene rings is 3. The number of carbonyl (C=O) groups excluding carboxylic acids is 2. The number of ketones is 2. The molecule has 0 saturated carbocycles. The van der Waals surface area contributed by atoms with Crippen LogP contribution in [0.2, 0.25) is 0 Å². The van der Waals surface area contributed by atoms with Gasteiger partial charge in [-0.1, -0.05) is 42.5 Å². The number of aliphatic imine (C=N–C) groups is 3. The molecular formula is C34H29N5O10. The smallest absolute Gasteiger partial charge is 0.262 e. The number of quaternary nitrogens is 1. The zero-order chi connectivity index (χ0) is 34.1. The van der Waals surface area contributed by atoms with Crippen molar-refractivity contribution in [1.29, 1.82) is 5.41 Å². The summed E-state index contributed by atoms with van der Waals surface area (Å²) in [4.78, 5) is 40.4. The van der Waals surface area contributed by atoms with Crippen molar-refractivity contribution in [3.05, 3.63) is 88.0 Å². The molecule has 0 aromatic heterocycles. The van der Waals surface area contributed by atoms with Gasteiger partial charge < -0.3 is 39.7 Å². The van der Waals surface area contributed by atoms with Gasteiger partial charge in [0.05, 0.1) is 12.2 Å². The number of rotatable bonds is 2. The average molecular weight is 668 g/mol. The van der Waals surface area contributed by atoms with Crippen LogP contribution in [0.25, 0.3) is 0 Å². The maximum atomic E-state index is 13.9. The van der Waals surface area contributed by atoms with Crippen LogP contribution in [0, 0.1) is 5.41 Å². The molecule has 3 aromatic rings. The molecule has 8 rings (SSSR count). The molecule has 0 spiro atoms. The Morgan fingerprint density at radius 1 is 0.898 bits per heavy atom. The van der Waals surface area contributed by atoms with Crippen LogP contribution in [0.15, 0.2) is 69.6 Å². The van der Waals surface area contributed by atoms with Crippen LogP contribution < -0.4 is 14.7 Å². The fraction of sp³-hybridized carbons (Fsp3) is 0.294. The Morgan fingerprint density at radius 3 is 2.43 bits per heavy atom. The summed E-state index contributed by atoms with van der Waals surface area (Å²) >= 11 is 0. The van der Waals surface area contributed by atoms with E-state index in [0.717, 1.165) is 0 Å². The van der Waals surface area contributed by atoms with Crippen LogP contribution in [0.5, 0.6) is 11.5 Å². The van der Waals surface area contributed by atoms with Crippen molar-refractivity contribution >= 4 is 40.7 Å². The number of aliphatic hydroxyl groups excluding tert-OH is 3. The minimum atomic E-state index is -1.77. The molecule has 4 aliphatic heterocycles. The fourth-order valence-corrected chi connectivity index (χ4v) is 7.08. The Kier molecular flexibility index (Phi) is 7.47. The zero-order valence-corrected chi connectivity index (χ0v) is 25.6. The molecule has 1 fully saturated rings. The van der Waals surface area contributed by atoms with Crippen molar-refractivity contribution in [3.63, 3.8) is 0 Å². The number of hydrogen-bond acceptors (Lipinski definition) is 12. The van der Waals surface area contributed by atoms with Crippen molar-refractivity contribution < 1.29 is 54.2 Å². The largest absolute Gasteiger partial charge is 0.857 e. The van der Waals surface area contributed by atoms with Gasteiger partial charge in [0.25, 0.3) is 5.84 Å². The summed E-state index contributed by atoms with van der Waals surface area (Å²) in [7, 11) is 0. The van der Waals surface area contributed by atoms with Crippen molar-refractivity contribution in [1.82, 2.24) is 0 Å². The number of aromatic hydroxyl groups is 1. The highest BCUT2D eigenvalue weighted by molar-refractivity contribution is 6.66. The van der Waals surface area contributed by atoms with Gasteiger partial charge in [-0.15, -0.1) is 0 Å². The van der Waals surface area contributed by atoms with Gasteiger partial charge >= 0.3 is 0 Å². The number of hydrogen-bond donors (Lipinski definition) is 6.